The maximum atomic E-state index is 11.5. The van der Waals surface area contributed by atoms with Crippen molar-refractivity contribution < 1.29 is 13.9 Å². The zero-order chi connectivity index (χ0) is 16.6. The van der Waals surface area contributed by atoms with E-state index in [4.69, 9.17) is 9.15 Å². The van der Waals surface area contributed by atoms with Crippen LogP contribution >= 0.6 is 0 Å². The van der Waals surface area contributed by atoms with Crippen molar-refractivity contribution >= 4 is 11.9 Å². The van der Waals surface area contributed by atoms with Crippen molar-refractivity contribution in [2.75, 3.05) is 18.5 Å². The van der Waals surface area contributed by atoms with Gasteiger partial charge in [-0.05, 0) is 25.7 Å². The van der Waals surface area contributed by atoms with Crippen LogP contribution in [0.25, 0.3) is 0 Å². The van der Waals surface area contributed by atoms with Gasteiger partial charge in [0, 0.05) is 6.61 Å². The summed E-state index contributed by atoms with van der Waals surface area (Å²) in [4.78, 5) is 15.3. The number of amides is 1. The van der Waals surface area contributed by atoms with E-state index in [2.05, 4.69) is 29.4 Å². The molecule has 1 rings (SSSR count). The topological polar surface area (TPSA) is 64.4 Å². The summed E-state index contributed by atoms with van der Waals surface area (Å²) in [5, 5.41) is 2.52. The van der Waals surface area contributed by atoms with Gasteiger partial charge in [0.2, 0.25) is 0 Å². The van der Waals surface area contributed by atoms with Crippen molar-refractivity contribution in [1.82, 2.24) is 4.98 Å². The molecule has 0 aliphatic rings. The number of hydrogen-bond donors (Lipinski definition) is 1. The van der Waals surface area contributed by atoms with Gasteiger partial charge in [-0.2, -0.15) is 0 Å². The molecule has 1 aromatic rings. The van der Waals surface area contributed by atoms with Crippen LogP contribution in [0.5, 0.6) is 0 Å². The number of allylic oxidation sites excluding steroid dienone is 2. The smallest absolute Gasteiger partial charge is 0.301 e. The Morgan fingerprint density at radius 3 is 2.65 bits per heavy atom. The fraction of sp³-hybridized carbons (Fsp3) is 0.667. The van der Waals surface area contributed by atoms with Gasteiger partial charge in [0.15, 0.2) is 0 Å². The Morgan fingerprint density at radius 1 is 1.17 bits per heavy atom. The summed E-state index contributed by atoms with van der Waals surface area (Å²) in [5.74, 6) is -0.234. The van der Waals surface area contributed by atoms with Crippen LogP contribution in [0.15, 0.2) is 29.0 Å². The van der Waals surface area contributed by atoms with E-state index >= 15 is 0 Å². The average Bonchev–Trinajstić information content (AvgIpc) is 3.04. The zero-order valence-corrected chi connectivity index (χ0v) is 14.3. The molecule has 130 valence electrons. The Bertz CT molecular complexity index is 416. The van der Waals surface area contributed by atoms with E-state index in [0.29, 0.717) is 6.61 Å². The second kappa shape index (κ2) is 14.0. The summed E-state index contributed by atoms with van der Waals surface area (Å²) >= 11 is 0. The number of unbranched alkanes of at least 4 members (excludes halogenated alkanes) is 7. The molecule has 0 fully saturated rings. The van der Waals surface area contributed by atoms with Crippen LogP contribution in [0, 0.1) is 0 Å². The first kappa shape index (κ1) is 19.4. The molecule has 0 aliphatic heterocycles. The zero-order valence-electron chi connectivity index (χ0n) is 14.3. The first-order valence-electron chi connectivity index (χ1n) is 8.75. The minimum Gasteiger partial charge on any atom is -0.432 e. The Morgan fingerprint density at radius 2 is 1.91 bits per heavy atom. The van der Waals surface area contributed by atoms with Crippen LogP contribution in [-0.4, -0.2) is 24.1 Å². The molecule has 5 heteroatoms. The molecule has 0 unspecified atom stereocenters. The molecular formula is C18H30N2O3. The third-order valence-electron chi connectivity index (χ3n) is 3.46. The summed E-state index contributed by atoms with van der Waals surface area (Å²) in [6.45, 7) is 2.89. The minimum atomic E-state index is -0.234. The lowest BCUT2D eigenvalue weighted by Gasteiger charge is -2.04. The van der Waals surface area contributed by atoms with Crippen molar-refractivity contribution in [3.05, 3.63) is 24.6 Å². The van der Waals surface area contributed by atoms with Crippen molar-refractivity contribution in [3.8, 4) is 0 Å². The molecule has 1 aromatic heterocycles. The van der Waals surface area contributed by atoms with Crippen molar-refractivity contribution in [3.63, 3.8) is 0 Å². The van der Waals surface area contributed by atoms with E-state index in [1.54, 1.807) is 0 Å². The monoisotopic (exact) mass is 322 g/mol. The van der Waals surface area contributed by atoms with Gasteiger partial charge in [-0.15, -0.1) is 0 Å². The third-order valence-corrected chi connectivity index (χ3v) is 3.46. The van der Waals surface area contributed by atoms with Gasteiger partial charge in [0.25, 0.3) is 5.91 Å². The number of carbonyl (C=O) groups is 1. The second-order valence-electron chi connectivity index (χ2n) is 5.61. The highest BCUT2D eigenvalue weighted by atomic mass is 16.5. The van der Waals surface area contributed by atoms with Gasteiger partial charge in [0.05, 0.1) is 6.20 Å². The third kappa shape index (κ3) is 11.6. The van der Waals surface area contributed by atoms with Crippen LogP contribution < -0.4 is 5.32 Å². The van der Waals surface area contributed by atoms with Gasteiger partial charge in [-0.1, -0.05) is 51.2 Å². The van der Waals surface area contributed by atoms with E-state index in [-0.39, 0.29) is 18.5 Å². The summed E-state index contributed by atoms with van der Waals surface area (Å²) in [5.41, 5.74) is 0. The summed E-state index contributed by atoms with van der Waals surface area (Å²) in [6, 6.07) is 0.211. The van der Waals surface area contributed by atoms with Gasteiger partial charge in [0.1, 0.15) is 12.9 Å². The maximum Gasteiger partial charge on any atom is 0.301 e. The Labute approximate surface area is 139 Å². The summed E-state index contributed by atoms with van der Waals surface area (Å²) in [7, 11) is 0. The quantitative estimate of drug-likeness (QED) is 0.398. The van der Waals surface area contributed by atoms with Gasteiger partial charge < -0.3 is 9.15 Å². The molecule has 23 heavy (non-hydrogen) atoms. The lowest BCUT2D eigenvalue weighted by Crippen LogP contribution is -2.18. The normalized spacial score (nSPS) is 11.2. The SMILES string of the molecule is CCCC/C=C\CCCCCCCOCC(=O)Nc1ncco1. The van der Waals surface area contributed by atoms with Gasteiger partial charge in [-0.25, -0.2) is 4.98 Å². The lowest BCUT2D eigenvalue weighted by molar-refractivity contribution is -0.120. The first-order chi connectivity index (χ1) is 11.3. The van der Waals surface area contributed by atoms with E-state index in [9.17, 15) is 4.79 Å². The van der Waals surface area contributed by atoms with E-state index in [1.165, 1.54) is 57.4 Å². The number of ether oxygens (including phenoxy) is 1. The van der Waals surface area contributed by atoms with E-state index < -0.39 is 0 Å². The van der Waals surface area contributed by atoms with Crippen molar-refractivity contribution in [2.45, 2.75) is 64.7 Å². The number of anilines is 1. The fourth-order valence-electron chi connectivity index (χ4n) is 2.16. The Hall–Kier alpha value is -1.62. The first-order valence-corrected chi connectivity index (χ1v) is 8.75. The minimum absolute atomic E-state index is 0.0466. The van der Waals surface area contributed by atoms with E-state index in [1.807, 2.05) is 0 Å². The van der Waals surface area contributed by atoms with Crippen LogP contribution in [-0.2, 0) is 9.53 Å². The number of carbonyl (C=O) groups excluding carboxylic acids is 1. The average molecular weight is 322 g/mol. The Balaban J connectivity index is 1.81. The summed E-state index contributed by atoms with van der Waals surface area (Å²) < 4.78 is 10.3. The molecule has 0 atom stereocenters. The number of nitrogens with one attached hydrogen (secondary N) is 1. The number of aromatic nitrogens is 1. The fourth-order valence-corrected chi connectivity index (χ4v) is 2.16. The molecule has 0 radical (unpaired) electrons. The molecule has 0 aliphatic carbocycles. The highest BCUT2D eigenvalue weighted by Gasteiger charge is 2.04. The highest BCUT2D eigenvalue weighted by molar-refractivity contribution is 5.89. The number of oxazole rings is 1. The summed E-state index contributed by atoms with van der Waals surface area (Å²) in [6.07, 6.45) is 18.4. The predicted octanol–water partition coefficient (Wildman–Crippen LogP) is 4.72. The number of rotatable bonds is 14. The molecule has 1 N–H and O–H groups in total. The molecular weight excluding hydrogens is 292 g/mol. The highest BCUT2D eigenvalue weighted by Crippen LogP contribution is 2.07. The van der Waals surface area contributed by atoms with Crippen LogP contribution in [0.4, 0.5) is 6.01 Å². The molecule has 5 nitrogen and oxygen atoms in total. The molecule has 0 saturated carbocycles. The van der Waals surface area contributed by atoms with Crippen molar-refractivity contribution in [2.24, 2.45) is 0 Å². The molecule has 0 saturated heterocycles. The van der Waals surface area contributed by atoms with Crippen LogP contribution in [0.3, 0.4) is 0 Å². The largest absolute Gasteiger partial charge is 0.432 e. The molecule has 1 heterocycles. The predicted molar refractivity (Wildman–Crippen MR) is 92.3 cm³/mol. The van der Waals surface area contributed by atoms with Gasteiger partial charge in [-0.3, -0.25) is 10.1 Å². The van der Waals surface area contributed by atoms with Crippen LogP contribution in [0.2, 0.25) is 0 Å². The molecule has 1 amide bonds. The lowest BCUT2D eigenvalue weighted by atomic mass is 10.1. The Kier molecular flexibility index (Phi) is 11.8. The van der Waals surface area contributed by atoms with Crippen molar-refractivity contribution in [1.29, 1.82) is 0 Å². The standard InChI is InChI=1S/C18H30N2O3/c1-2-3-4-5-6-7-8-9-10-11-12-14-22-16-17(21)20-18-19-13-15-23-18/h5-6,13,15H,2-4,7-12,14,16H2,1H3,(H,19,20,21)/b6-5-. The molecule has 0 bridgehead atoms. The molecule has 0 spiro atoms. The van der Waals surface area contributed by atoms with E-state index in [0.717, 1.165) is 12.8 Å². The number of hydrogen-bond acceptors (Lipinski definition) is 4. The molecule has 0 aromatic carbocycles. The second-order valence-corrected chi connectivity index (χ2v) is 5.61. The van der Waals surface area contributed by atoms with Crippen LogP contribution in [0.1, 0.15) is 64.7 Å². The number of nitrogens with zero attached hydrogens (tertiary/aromatic N) is 1. The van der Waals surface area contributed by atoms with Gasteiger partial charge >= 0.3 is 6.01 Å². The maximum absolute atomic E-state index is 11.5.